The van der Waals surface area contributed by atoms with Crippen molar-refractivity contribution in [2.75, 3.05) is 0 Å². The van der Waals surface area contributed by atoms with E-state index in [1.54, 1.807) is 24.3 Å². The van der Waals surface area contributed by atoms with Crippen molar-refractivity contribution in [3.63, 3.8) is 0 Å². The maximum atomic E-state index is 11.8. The van der Waals surface area contributed by atoms with E-state index in [0.717, 1.165) is 4.68 Å². The SMILES string of the molecule is O=C(O)Cn1nc(Cl)c2ccccc2c1=O. The largest absolute Gasteiger partial charge is 0.480 e. The third-order valence-electron chi connectivity index (χ3n) is 2.11. The third kappa shape index (κ3) is 1.77. The Bertz CT molecular complexity index is 621. The van der Waals surface area contributed by atoms with Crippen LogP contribution in [0.3, 0.4) is 0 Å². The van der Waals surface area contributed by atoms with Crippen molar-refractivity contribution < 1.29 is 9.90 Å². The van der Waals surface area contributed by atoms with Crippen LogP contribution in [0, 0.1) is 0 Å². The Hall–Kier alpha value is -1.88. The summed E-state index contributed by atoms with van der Waals surface area (Å²) < 4.78 is 0.840. The van der Waals surface area contributed by atoms with Crippen LogP contribution in [-0.2, 0) is 11.3 Å². The van der Waals surface area contributed by atoms with Crippen LogP contribution >= 0.6 is 11.6 Å². The van der Waals surface area contributed by atoms with Crippen molar-refractivity contribution in [2.45, 2.75) is 6.54 Å². The van der Waals surface area contributed by atoms with E-state index < -0.39 is 18.1 Å². The molecule has 0 fully saturated rings. The molecule has 2 aromatic rings. The molecule has 0 radical (unpaired) electrons. The number of carbonyl (C=O) groups is 1. The average molecular weight is 239 g/mol. The molecule has 0 aliphatic heterocycles. The Labute approximate surface area is 94.9 Å². The molecule has 6 heteroatoms. The summed E-state index contributed by atoms with van der Waals surface area (Å²) in [6.07, 6.45) is 0. The molecule has 1 heterocycles. The lowest BCUT2D eigenvalue weighted by atomic mass is 10.2. The first kappa shape index (κ1) is 10.6. The predicted molar refractivity (Wildman–Crippen MR) is 58.6 cm³/mol. The minimum absolute atomic E-state index is 0.122. The van der Waals surface area contributed by atoms with Gasteiger partial charge in [-0.3, -0.25) is 9.59 Å². The lowest BCUT2D eigenvalue weighted by Gasteiger charge is -2.04. The third-order valence-corrected chi connectivity index (χ3v) is 2.39. The number of aliphatic carboxylic acids is 1. The Balaban J connectivity index is 2.75. The van der Waals surface area contributed by atoms with Crippen molar-refractivity contribution in [2.24, 2.45) is 0 Å². The number of halogens is 1. The van der Waals surface area contributed by atoms with E-state index in [1.165, 1.54) is 0 Å². The lowest BCUT2D eigenvalue weighted by molar-refractivity contribution is -0.137. The fraction of sp³-hybridized carbons (Fsp3) is 0.100. The van der Waals surface area contributed by atoms with Gasteiger partial charge in [0.2, 0.25) is 0 Å². The van der Waals surface area contributed by atoms with Gasteiger partial charge in [0.15, 0.2) is 5.15 Å². The van der Waals surface area contributed by atoms with Crippen LogP contribution in [0.15, 0.2) is 29.1 Å². The molecule has 5 nitrogen and oxygen atoms in total. The van der Waals surface area contributed by atoms with Gasteiger partial charge in [-0.1, -0.05) is 29.8 Å². The first-order valence-corrected chi connectivity index (χ1v) is 4.84. The molecule has 0 saturated carbocycles. The van der Waals surface area contributed by atoms with Crippen LogP contribution in [0.1, 0.15) is 0 Å². The number of hydrogen-bond acceptors (Lipinski definition) is 3. The maximum absolute atomic E-state index is 11.8. The van der Waals surface area contributed by atoms with E-state index in [0.29, 0.717) is 10.8 Å². The summed E-state index contributed by atoms with van der Waals surface area (Å²) >= 11 is 5.85. The summed E-state index contributed by atoms with van der Waals surface area (Å²) in [6.45, 7) is -0.497. The zero-order chi connectivity index (χ0) is 11.7. The molecule has 0 aliphatic rings. The number of carboxylic acid groups (broad SMARTS) is 1. The highest BCUT2D eigenvalue weighted by molar-refractivity contribution is 6.34. The molecule has 0 saturated heterocycles. The maximum Gasteiger partial charge on any atom is 0.325 e. The molecular formula is C10H7ClN2O3. The van der Waals surface area contributed by atoms with Crippen molar-refractivity contribution in [1.29, 1.82) is 0 Å². The molecular weight excluding hydrogens is 232 g/mol. The van der Waals surface area contributed by atoms with Crippen LogP contribution in [0.25, 0.3) is 10.8 Å². The predicted octanol–water partition coefficient (Wildman–Crippen LogP) is 1.13. The first-order chi connectivity index (χ1) is 7.59. The number of aromatic nitrogens is 2. The second-order valence-electron chi connectivity index (χ2n) is 3.19. The molecule has 0 atom stereocenters. The van der Waals surface area contributed by atoms with Crippen LogP contribution in [-0.4, -0.2) is 20.9 Å². The zero-order valence-electron chi connectivity index (χ0n) is 8.05. The molecule has 0 bridgehead atoms. The van der Waals surface area contributed by atoms with Crippen LogP contribution in [0.5, 0.6) is 0 Å². The second-order valence-corrected chi connectivity index (χ2v) is 3.55. The summed E-state index contributed by atoms with van der Waals surface area (Å²) in [5.41, 5.74) is -0.456. The molecule has 0 unspecified atom stereocenters. The number of carboxylic acids is 1. The van der Waals surface area contributed by atoms with Crippen LogP contribution < -0.4 is 5.56 Å². The Morgan fingerprint density at radius 1 is 1.38 bits per heavy atom. The van der Waals surface area contributed by atoms with Gasteiger partial charge in [-0.2, -0.15) is 5.10 Å². The van der Waals surface area contributed by atoms with E-state index >= 15 is 0 Å². The first-order valence-electron chi connectivity index (χ1n) is 4.47. The summed E-state index contributed by atoms with van der Waals surface area (Å²) in [5.74, 6) is -1.14. The van der Waals surface area contributed by atoms with Crippen LogP contribution in [0.4, 0.5) is 0 Å². The normalized spacial score (nSPS) is 10.6. The Morgan fingerprint density at radius 2 is 2.00 bits per heavy atom. The highest BCUT2D eigenvalue weighted by Crippen LogP contribution is 2.17. The second kappa shape index (κ2) is 3.94. The van der Waals surface area contributed by atoms with Gasteiger partial charge in [0.05, 0.1) is 5.39 Å². The summed E-state index contributed by atoms with van der Waals surface area (Å²) in [4.78, 5) is 22.3. The summed E-state index contributed by atoms with van der Waals surface area (Å²) in [6, 6.07) is 6.67. The molecule has 0 amide bonds. The van der Waals surface area contributed by atoms with Gasteiger partial charge in [-0.15, -0.1) is 0 Å². The van der Waals surface area contributed by atoms with Gasteiger partial charge in [0.1, 0.15) is 6.54 Å². The summed E-state index contributed by atoms with van der Waals surface area (Å²) in [7, 11) is 0. The lowest BCUT2D eigenvalue weighted by Crippen LogP contribution is -2.26. The van der Waals surface area contributed by atoms with Gasteiger partial charge in [0.25, 0.3) is 5.56 Å². The fourth-order valence-corrected chi connectivity index (χ4v) is 1.69. The van der Waals surface area contributed by atoms with E-state index in [1.807, 2.05) is 0 Å². The van der Waals surface area contributed by atoms with Gasteiger partial charge in [0, 0.05) is 5.39 Å². The number of benzene rings is 1. The number of rotatable bonds is 2. The standard InChI is InChI=1S/C10H7ClN2O3/c11-9-6-3-1-2-4-7(6)10(16)13(12-9)5-8(14)15/h1-4H,5H2,(H,14,15). The number of fused-ring (bicyclic) bond motifs is 1. The molecule has 0 aliphatic carbocycles. The van der Waals surface area contributed by atoms with Gasteiger partial charge < -0.3 is 5.11 Å². The van der Waals surface area contributed by atoms with Crippen molar-refractivity contribution in [1.82, 2.24) is 9.78 Å². The summed E-state index contributed by atoms with van der Waals surface area (Å²) in [5, 5.41) is 13.4. The Kier molecular flexibility index (Phi) is 2.62. The molecule has 82 valence electrons. The van der Waals surface area contributed by atoms with E-state index in [-0.39, 0.29) is 5.15 Å². The molecule has 1 aromatic carbocycles. The molecule has 1 N–H and O–H groups in total. The minimum atomic E-state index is -1.14. The average Bonchev–Trinajstić information content (AvgIpc) is 2.25. The van der Waals surface area contributed by atoms with Crippen LogP contribution in [0.2, 0.25) is 5.15 Å². The molecule has 2 rings (SSSR count). The topological polar surface area (TPSA) is 72.2 Å². The van der Waals surface area contributed by atoms with E-state index in [2.05, 4.69) is 5.10 Å². The van der Waals surface area contributed by atoms with Gasteiger partial charge >= 0.3 is 5.97 Å². The smallest absolute Gasteiger partial charge is 0.325 e. The molecule has 16 heavy (non-hydrogen) atoms. The van der Waals surface area contributed by atoms with Crippen molar-refractivity contribution >= 4 is 28.3 Å². The van der Waals surface area contributed by atoms with Gasteiger partial charge in [-0.25, -0.2) is 4.68 Å². The van der Waals surface area contributed by atoms with Gasteiger partial charge in [-0.05, 0) is 6.07 Å². The fourth-order valence-electron chi connectivity index (χ4n) is 1.43. The monoisotopic (exact) mass is 238 g/mol. The van der Waals surface area contributed by atoms with Crippen molar-refractivity contribution in [3.05, 3.63) is 39.8 Å². The molecule has 1 aromatic heterocycles. The van der Waals surface area contributed by atoms with Crippen molar-refractivity contribution in [3.8, 4) is 0 Å². The van der Waals surface area contributed by atoms with E-state index in [9.17, 15) is 9.59 Å². The zero-order valence-corrected chi connectivity index (χ0v) is 8.81. The number of nitrogens with zero attached hydrogens (tertiary/aromatic N) is 2. The molecule has 0 spiro atoms. The highest BCUT2D eigenvalue weighted by atomic mass is 35.5. The Morgan fingerprint density at radius 3 is 2.62 bits per heavy atom. The van der Waals surface area contributed by atoms with E-state index in [4.69, 9.17) is 16.7 Å². The number of hydrogen-bond donors (Lipinski definition) is 1. The quantitative estimate of drug-likeness (QED) is 0.851. The minimum Gasteiger partial charge on any atom is -0.480 e. The highest BCUT2D eigenvalue weighted by Gasteiger charge is 2.10.